The van der Waals surface area contributed by atoms with Gasteiger partial charge in [-0.15, -0.1) is 5.10 Å². The van der Waals surface area contributed by atoms with Gasteiger partial charge in [-0.3, -0.25) is 4.79 Å². The highest BCUT2D eigenvalue weighted by atomic mass is 16.6. The quantitative estimate of drug-likeness (QED) is 0.783. The number of hydrogen-bond donors (Lipinski definition) is 1. The first kappa shape index (κ1) is 15.1. The van der Waals surface area contributed by atoms with Crippen LogP contribution in [-0.4, -0.2) is 38.8 Å². The highest BCUT2D eigenvalue weighted by Crippen LogP contribution is 2.31. The number of rotatable bonds is 3. The van der Waals surface area contributed by atoms with Crippen LogP contribution < -0.4 is 14.8 Å². The van der Waals surface area contributed by atoms with E-state index in [9.17, 15) is 4.79 Å². The zero-order valence-electron chi connectivity index (χ0n) is 13.4. The Kier molecular flexibility index (Phi) is 3.77. The molecule has 1 aliphatic heterocycles. The number of fused-ring (bicyclic) bond motifs is 1. The Bertz CT molecular complexity index is 910. The molecule has 1 aliphatic rings. The smallest absolute Gasteiger partial charge is 0.269 e. The van der Waals surface area contributed by atoms with Crippen LogP contribution in [0.25, 0.3) is 5.69 Å². The van der Waals surface area contributed by atoms with Gasteiger partial charge in [-0.05, 0) is 47.2 Å². The molecule has 25 heavy (non-hydrogen) atoms. The van der Waals surface area contributed by atoms with Crippen LogP contribution >= 0.6 is 0 Å². The van der Waals surface area contributed by atoms with Gasteiger partial charge in [-0.1, -0.05) is 18.2 Å². The molecule has 0 aliphatic carbocycles. The van der Waals surface area contributed by atoms with Gasteiger partial charge in [0.1, 0.15) is 12.9 Å². The molecule has 1 atom stereocenters. The van der Waals surface area contributed by atoms with E-state index in [0.29, 0.717) is 17.2 Å². The molecule has 2 heterocycles. The van der Waals surface area contributed by atoms with Gasteiger partial charge < -0.3 is 14.8 Å². The van der Waals surface area contributed by atoms with Crippen molar-refractivity contribution in [3.8, 4) is 17.2 Å². The second-order valence-corrected chi connectivity index (χ2v) is 5.56. The van der Waals surface area contributed by atoms with Crippen LogP contribution in [0.15, 0.2) is 48.8 Å². The zero-order valence-corrected chi connectivity index (χ0v) is 13.4. The SMILES string of the molecule is Cc1c(NC(=O)[C@H]2COc3ccccc3O2)cccc1-n1cnnn1. The molecule has 0 bridgehead atoms. The van der Waals surface area contributed by atoms with Crippen LogP contribution in [0.1, 0.15) is 5.56 Å². The summed E-state index contributed by atoms with van der Waals surface area (Å²) >= 11 is 0. The van der Waals surface area contributed by atoms with Gasteiger partial charge in [0.25, 0.3) is 5.91 Å². The van der Waals surface area contributed by atoms with Crippen molar-refractivity contribution >= 4 is 11.6 Å². The van der Waals surface area contributed by atoms with Gasteiger partial charge in [0.05, 0.1) is 5.69 Å². The molecule has 2 aromatic carbocycles. The molecular formula is C17H15N5O3. The van der Waals surface area contributed by atoms with Crippen LogP contribution in [0.2, 0.25) is 0 Å². The number of hydrogen-bond acceptors (Lipinski definition) is 6. The Morgan fingerprint density at radius 2 is 2.04 bits per heavy atom. The van der Waals surface area contributed by atoms with Crippen LogP contribution in [0.5, 0.6) is 11.5 Å². The van der Waals surface area contributed by atoms with E-state index in [0.717, 1.165) is 11.3 Å². The lowest BCUT2D eigenvalue weighted by atomic mass is 10.1. The number of carbonyl (C=O) groups is 1. The summed E-state index contributed by atoms with van der Waals surface area (Å²) in [4.78, 5) is 12.6. The topological polar surface area (TPSA) is 91.2 Å². The maximum Gasteiger partial charge on any atom is 0.269 e. The van der Waals surface area contributed by atoms with E-state index >= 15 is 0 Å². The van der Waals surface area contributed by atoms with Gasteiger partial charge >= 0.3 is 0 Å². The normalized spacial score (nSPS) is 15.6. The van der Waals surface area contributed by atoms with E-state index in [1.807, 2.05) is 43.3 Å². The zero-order chi connectivity index (χ0) is 17.2. The van der Waals surface area contributed by atoms with Crippen LogP contribution in [-0.2, 0) is 4.79 Å². The van der Waals surface area contributed by atoms with E-state index < -0.39 is 6.10 Å². The molecule has 126 valence electrons. The fraction of sp³-hybridized carbons (Fsp3) is 0.176. The van der Waals surface area contributed by atoms with Crippen molar-refractivity contribution in [1.29, 1.82) is 0 Å². The number of benzene rings is 2. The van der Waals surface area contributed by atoms with Gasteiger partial charge in [-0.2, -0.15) is 0 Å². The van der Waals surface area contributed by atoms with Crippen molar-refractivity contribution in [3.05, 3.63) is 54.4 Å². The molecule has 0 saturated heterocycles. The predicted molar refractivity (Wildman–Crippen MR) is 88.9 cm³/mol. The first-order valence-electron chi connectivity index (χ1n) is 7.75. The molecule has 4 rings (SSSR count). The molecule has 0 saturated carbocycles. The molecular weight excluding hydrogens is 322 g/mol. The average Bonchev–Trinajstić information content (AvgIpc) is 3.17. The maximum absolute atomic E-state index is 12.6. The number of ether oxygens (including phenoxy) is 2. The standard InChI is InChI=1S/C17H15N5O3/c1-11-12(5-4-6-13(11)22-10-18-20-21-22)19-17(23)16-9-24-14-7-2-3-8-15(14)25-16/h2-8,10,16H,9H2,1H3,(H,19,23)/t16-/m1/s1. The lowest BCUT2D eigenvalue weighted by Crippen LogP contribution is -2.40. The fourth-order valence-electron chi connectivity index (χ4n) is 2.64. The molecule has 8 heteroatoms. The fourth-order valence-corrected chi connectivity index (χ4v) is 2.64. The summed E-state index contributed by atoms with van der Waals surface area (Å²) in [5.74, 6) is 0.933. The summed E-state index contributed by atoms with van der Waals surface area (Å²) in [6, 6.07) is 12.8. The minimum Gasteiger partial charge on any atom is -0.485 e. The maximum atomic E-state index is 12.6. The number of carbonyl (C=O) groups excluding carboxylic acids is 1. The molecule has 1 amide bonds. The first-order valence-corrected chi connectivity index (χ1v) is 7.75. The molecule has 0 fully saturated rings. The van der Waals surface area contributed by atoms with E-state index in [1.54, 1.807) is 10.7 Å². The molecule has 3 aromatic rings. The van der Waals surface area contributed by atoms with Crippen molar-refractivity contribution in [2.75, 3.05) is 11.9 Å². The second kappa shape index (κ2) is 6.23. The van der Waals surface area contributed by atoms with Crippen molar-refractivity contribution in [2.24, 2.45) is 0 Å². The Balaban J connectivity index is 1.53. The lowest BCUT2D eigenvalue weighted by Gasteiger charge is -2.25. The molecule has 0 radical (unpaired) electrons. The second-order valence-electron chi connectivity index (χ2n) is 5.56. The number of para-hydroxylation sites is 2. The summed E-state index contributed by atoms with van der Waals surface area (Å²) in [6.45, 7) is 2.05. The summed E-state index contributed by atoms with van der Waals surface area (Å²) in [5.41, 5.74) is 2.30. The lowest BCUT2D eigenvalue weighted by molar-refractivity contribution is -0.125. The van der Waals surface area contributed by atoms with Crippen molar-refractivity contribution in [2.45, 2.75) is 13.0 Å². The summed E-state index contributed by atoms with van der Waals surface area (Å²) in [7, 11) is 0. The number of nitrogens with one attached hydrogen (secondary N) is 1. The average molecular weight is 337 g/mol. The van der Waals surface area contributed by atoms with Crippen molar-refractivity contribution < 1.29 is 14.3 Å². The van der Waals surface area contributed by atoms with E-state index in [-0.39, 0.29) is 12.5 Å². The summed E-state index contributed by atoms with van der Waals surface area (Å²) < 4.78 is 12.9. The number of tetrazole rings is 1. The number of amides is 1. The van der Waals surface area contributed by atoms with Gasteiger partial charge in [0.2, 0.25) is 6.10 Å². The van der Waals surface area contributed by atoms with E-state index in [1.165, 1.54) is 6.33 Å². The predicted octanol–water partition coefficient (Wildman–Crippen LogP) is 1.75. The van der Waals surface area contributed by atoms with Crippen molar-refractivity contribution in [1.82, 2.24) is 20.2 Å². The number of anilines is 1. The Morgan fingerprint density at radius 3 is 2.84 bits per heavy atom. The number of nitrogens with zero attached hydrogens (tertiary/aromatic N) is 4. The monoisotopic (exact) mass is 337 g/mol. The van der Waals surface area contributed by atoms with Crippen LogP contribution in [0.4, 0.5) is 5.69 Å². The number of aromatic nitrogens is 4. The summed E-state index contributed by atoms with van der Waals surface area (Å²) in [6.07, 6.45) is 0.786. The van der Waals surface area contributed by atoms with Gasteiger partial charge in [0, 0.05) is 5.69 Å². The minimum atomic E-state index is -0.717. The highest BCUT2D eigenvalue weighted by Gasteiger charge is 2.27. The first-order chi connectivity index (χ1) is 12.2. The van der Waals surface area contributed by atoms with E-state index in [4.69, 9.17) is 9.47 Å². The van der Waals surface area contributed by atoms with Gasteiger partial charge in [-0.25, -0.2) is 4.68 Å². The Hall–Kier alpha value is -3.42. The minimum absolute atomic E-state index is 0.161. The van der Waals surface area contributed by atoms with Gasteiger partial charge in [0.15, 0.2) is 11.5 Å². The Labute approximate surface area is 143 Å². The van der Waals surface area contributed by atoms with E-state index in [2.05, 4.69) is 20.8 Å². The largest absolute Gasteiger partial charge is 0.485 e. The van der Waals surface area contributed by atoms with Crippen molar-refractivity contribution in [3.63, 3.8) is 0 Å². The summed E-state index contributed by atoms with van der Waals surface area (Å²) in [5, 5.41) is 14.0. The third kappa shape index (κ3) is 2.89. The third-order valence-electron chi connectivity index (χ3n) is 3.96. The highest BCUT2D eigenvalue weighted by molar-refractivity contribution is 5.95. The molecule has 1 N–H and O–H groups in total. The third-order valence-corrected chi connectivity index (χ3v) is 3.96. The van der Waals surface area contributed by atoms with Crippen LogP contribution in [0.3, 0.4) is 0 Å². The molecule has 8 nitrogen and oxygen atoms in total. The molecule has 1 aromatic heterocycles. The molecule has 0 unspecified atom stereocenters. The molecule has 0 spiro atoms. The van der Waals surface area contributed by atoms with Crippen LogP contribution in [0, 0.1) is 6.92 Å². The Morgan fingerprint density at radius 1 is 1.20 bits per heavy atom.